The lowest BCUT2D eigenvalue weighted by atomic mass is 9.32. The first kappa shape index (κ1) is 17.1. The standard InChI is InChI=1S/C21H23BN2O2/c1-15(25)26-21(2)12-24(13-21)11-16-7-8-19(17-9-22(10-17)14-23)20-6-4-3-5-18(16)20/h3-8,17H,9-13H2,1-2H3. The fourth-order valence-corrected chi connectivity index (χ4v) is 4.52. The quantitative estimate of drug-likeness (QED) is 0.627. The molecule has 2 saturated heterocycles. The molecule has 0 bridgehead atoms. The van der Waals surface area contributed by atoms with Gasteiger partial charge in [-0.25, -0.2) is 5.26 Å². The zero-order valence-electron chi connectivity index (χ0n) is 15.4. The molecule has 4 nitrogen and oxygen atoms in total. The summed E-state index contributed by atoms with van der Waals surface area (Å²) in [6.07, 6.45) is 1.96. The van der Waals surface area contributed by atoms with Gasteiger partial charge in [-0.2, -0.15) is 0 Å². The third kappa shape index (κ3) is 3.10. The highest BCUT2D eigenvalue weighted by molar-refractivity contribution is 6.70. The van der Waals surface area contributed by atoms with E-state index in [1.807, 2.05) is 6.92 Å². The van der Waals surface area contributed by atoms with Crippen molar-refractivity contribution in [2.75, 3.05) is 13.1 Å². The van der Waals surface area contributed by atoms with Gasteiger partial charge in [-0.05, 0) is 34.7 Å². The van der Waals surface area contributed by atoms with Gasteiger partial charge in [-0.15, -0.1) is 0 Å². The maximum Gasteiger partial charge on any atom is 0.303 e. The Bertz CT molecular complexity index is 893. The highest BCUT2D eigenvalue weighted by Crippen LogP contribution is 2.41. The van der Waals surface area contributed by atoms with Gasteiger partial charge >= 0.3 is 5.97 Å². The zero-order valence-corrected chi connectivity index (χ0v) is 15.4. The molecule has 0 saturated carbocycles. The number of carbonyl (C=O) groups is 1. The van der Waals surface area contributed by atoms with Crippen LogP contribution in [0.15, 0.2) is 36.4 Å². The van der Waals surface area contributed by atoms with Gasteiger partial charge < -0.3 is 4.74 Å². The van der Waals surface area contributed by atoms with Crippen LogP contribution in [0.5, 0.6) is 0 Å². The number of fused-ring (bicyclic) bond motifs is 1. The van der Waals surface area contributed by atoms with E-state index in [1.165, 1.54) is 28.8 Å². The maximum absolute atomic E-state index is 11.2. The van der Waals surface area contributed by atoms with Gasteiger partial charge in [-0.3, -0.25) is 9.69 Å². The molecule has 26 heavy (non-hydrogen) atoms. The summed E-state index contributed by atoms with van der Waals surface area (Å²) >= 11 is 0. The molecular weight excluding hydrogens is 323 g/mol. The Hall–Kier alpha value is -2.32. The third-order valence-corrected chi connectivity index (χ3v) is 5.71. The van der Waals surface area contributed by atoms with Crippen molar-refractivity contribution in [2.45, 2.75) is 44.6 Å². The van der Waals surface area contributed by atoms with Crippen molar-refractivity contribution in [3.8, 4) is 5.97 Å². The minimum atomic E-state index is -0.347. The fraction of sp³-hybridized carbons (Fsp3) is 0.429. The molecule has 2 aliphatic heterocycles. The number of carbonyl (C=O) groups excluding carboxylic acids is 1. The van der Waals surface area contributed by atoms with Crippen molar-refractivity contribution >= 4 is 23.5 Å². The molecule has 0 N–H and O–H groups in total. The van der Waals surface area contributed by atoms with E-state index >= 15 is 0 Å². The first-order valence-corrected chi connectivity index (χ1v) is 9.29. The summed E-state index contributed by atoms with van der Waals surface area (Å²) in [6.45, 7) is 6.09. The lowest BCUT2D eigenvalue weighted by Crippen LogP contribution is -2.61. The minimum absolute atomic E-state index is 0.210. The molecule has 0 amide bonds. The lowest BCUT2D eigenvalue weighted by molar-refractivity contribution is -0.174. The summed E-state index contributed by atoms with van der Waals surface area (Å²) in [5.74, 6) is 2.68. The van der Waals surface area contributed by atoms with Gasteiger partial charge in [0.2, 0.25) is 0 Å². The van der Waals surface area contributed by atoms with Crippen molar-refractivity contribution in [1.82, 2.24) is 4.90 Å². The van der Waals surface area contributed by atoms with Crippen LogP contribution >= 0.6 is 0 Å². The van der Waals surface area contributed by atoms with Gasteiger partial charge in [0, 0.05) is 32.5 Å². The van der Waals surface area contributed by atoms with Gasteiger partial charge in [0.1, 0.15) is 5.60 Å². The Kier molecular flexibility index (Phi) is 4.24. The Morgan fingerprint density at radius 2 is 1.96 bits per heavy atom. The second kappa shape index (κ2) is 6.44. The SMILES string of the molecule is CC(=O)OC1(C)CN(Cc2ccc(C3CB(C#N)C3)c3ccccc23)C1. The summed E-state index contributed by atoms with van der Waals surface area (Å²) < 4.78 is 5.42. The van der Waals surface area contributed by atoms with Crippen LogP contribution in [-0.4, -0.2) is 36.3 Å². The molecule has 0 aromatic heterocycles. The number of esters is 1. The Morgan fingerprint density at radius 3 is 2.62 bits per heavy atom. The van der Waals surface area contributed by atoms with Crippen LogP contribution in [0.3, 0.4) is 0 Å². The molecule has 0 aliphatic carbocycles. The normalized spacial score (nSPS) is 19.5. The number of nitriles is 1. The van der Waals surface area contributed by atoms with Crippen LogP contribution in [0.1, 0.15) is 30.9 Å². The van der Waals surface area contributed by atoms with Gasteiger partial charge in [0.25, 0.3) is 6.71 Å². The molecular formula is C21H23BN2O2. The van der Waals surface area contributed by atoms with Crippen LogP contribution in [0, 0.1) is 11.2 Å². The number of ether oxygens (including phenoxy) is 1. The lowest BCUT2D eigenvalue weighted by Gasteiger charge is -2.47. The van der Waals surface area contributed by atoms with E-state index in [2.05, 4.69) is 47.3 Å². The van der Waals surface area contributed by atoms with E-state index in [4.69, 9.17) is 10.00 Å². The Balaban J connectivity index is 1.53. The molecule has 2 aromatic rings. The first-order chi connectivity index (χ1) is 12.5. The third-order valence-electron chi connectivity index (χ3n) is 5.71. The highest BCUT2D eigenvalue weighted by atomic mass is 16.6. The van der Waals surface area contributed by atoms with E-state index in [0.29, 0.717) is 5.92 Å². The number of hydrogen-bond acceptors (Lipinski definition) is 4. The van der Waals surface area contributed by atoms with Crippen molar-refractivity contribution in [3.63, 3.8) is 0 Å². The second-order valence-corrected chi connectivity index (χ2v) is 8.04. The molecule has 132 valence electrons. The Labute approximate surface area is 154 Å². The molecule has 2 fully saturated rings. The van der Waals surface area contributed by atoms with Crippen LogP contribution in [-0.2, 0) is 16.1 Å². The van der Waals surface area contributed by atoms with E-state index in [9.17, 15) is 4.79 Å². The fourth-order valence-electron chi connectivity index (χ4n) is 4.52. The summed E-state index contributed by atoms with van der Waals surface area (Å²) in [5.41, 5.74) is 2.34. The first-order valence-electron chi connectivity index (χ1n) is 9.29. The molecule has 0 spiro atoms. The number of hydrogen-bond donors (Lipinski definition) is 0. The minimum Gasteiger partial charge on any atom is -0.457 e. The highest BCUT2D eigenvalue weighted by Gasteiger charge is 2.41. The predicted molar refractivity (Wildman–Crippen MR) is 103 cm³/mol. The van der Waals surface area contributed by atoms with E-state index in [0.717, 1.165) is 32.3 Å². The van der Waals surface area contributed by atoms with Crippen LogP contribution in [0.25, 0.3) is 10.8 Å². The largest absolute Gasteiger partial charge is 0.457 e. The number of nitrogens with zero attached hydrogens (tertiary/aromatic N) is 2. The molecule has 4 rings (SSSR count). The van der Waals surface area contributed by atoms with Gasteiger partial charge in [0.15, 0.2) is 0 Å². The maximum atomic E-state index is 11.2. The Morgan fingerprint density at radius 1 is 1.27 bits per heavy atom. The summed E-state index contributed by atoms with van der Waals surface area (Å²) in [4.78, 5) is 13.5. The smallest absolute Gasteiger partial charge is 0.303 e. The van der Waals surface area contributed by atoms with Crippen LogP contribution in [0.4, 0.5) is 0 Å². The van der Waals surface area contributed by atoms with Crippen molar-refractivity contribution in [2.24, 2.45) is 0 Å². The average molecular weight is 346 g/mol. The summed E-state index contributed by atoms with van der Waals surface area (Å²) in [6, 6.07) is 13.1. The number of rotatable bonds is 4. The number of likely N-dealkylation sites (tertiary alicyclic amines) is 1. The molecule has 5 heteroatoms. The van der Waals surface area contributed by atoms with Crippen molar-refractivity contribution in [3.05, 3.63) is 47.5 Å². The molecule has 2 aromatic carbocycles. The topological polar surface area (TPSA) is 53.3 Å². The van der Waals surface area contributed by atoms with Gasteiger partial charge in [-0.1, -0.05) is 49.0 Å². The van der Waals surface area contributed by atoms with Crippen molar-refractivity contribution in [1.29, 1.82) is 5.26 Å². The molecule has 0 radical (unpaired) electrons. The average Bonchev–Trinajstić information content (AvgIpc) is 2.53. The molecule has 2 heterocycles. The summed E-state index contributed by atoms with van der Waals surface area (Å²) in [7, 11) is 0. The predicted octanol–water partition coefficient (Wildman–Crippen LogP) is 3.63. The van der Waals surface area contributed by atoms with E-state index in [-0.39, 0.29) is 18.3 Å². The molecule has 0 atom stereocenters. The summed E-state index contributed by atoms with van der Waals surface area (Å²) in [5, 5.41) is 11.7. The monoisotopic (exact) mass is 346 g/mol. The van der Waals surface area contributed by atoms with E-state index < -0.39 is 0 Å². The molecule has 2 aliphatic rings. The van der Waals surface area contributed by atoms with Crippen LogP contribution < -0.4 is 0 Å². The van der Waals surface area contributed by atoms with E-state index in [1.54, 1.807) is 0 Å². The molecule has 0 unspecified atom stereocenters. The van der Waals surface area contributed by atoms with Crippen molar-refractivity contribution < 1.29 is 9.53 Å². The number of benzene rings is 2. The van der Waals surface area contributed by atoms with Crippen LogP contribution in [0.2, 0.25) is 12.6 Å². The second-order valence-electron chi connectivity index (χ2n) is 8.04. The zero-order chi connectivity index (χ0) is 18.3. The van der Waals surface area contributed by atoms with Gasteiger partial charge in [0.05, 0.1) is 0 Å².